The summed E-state index contributed by atoms with van der Waals surface area (Å²) in [4.78, 5) is 14.6. The van der Waals surface area contributed by atoms with Crippen molar-refractivity contribution < 1.29 is 13.2 Å². The minimum atomic E-state index is -3.44. The first-order valence-corrected chi connectivity index (χ1v) is 9.81. The van der Waals surface area contributed by atoms with Crippen molar-refractivity contribution in [3.63, 3.8) is 0 Å². The zero-order valence-electron chi connectivity index (χ0n) is 13.3. The molecule has 0 bridgehead atoms. The Balaban J connectivity index is 2.07. The Morgan fingerprint density at radius 2 is 1.95 bits per heavy atom. The highest BCUT2D eigenvalue weighted by atomic mass is 32.2. The van der Waals surface area contributed by atoms with E-state index in [0.29, 0.717) is 12.0 Å². The van der Waals surface area contributed by atoms with Gasteiger partial charge >= 0.3 is 0 Å². The van der Waals surface area contributed by atoms with Crippen LogP contribution >= 0.6 is 0 Å². The third-order valence-corrected chi connectivity index (χ3v) is 6.68. The largest absolute Gasteiger partial charge is 0.338 e. The minimum Gasteiger partial charge on any atom is -0.338 e. The Morgan fingerprint density at radius 1 is 1.27 bits per heavy atom. The van der Waals surface area contributed by atoms with E-state index in [1.54, 1.807) is 6.92 Å². The van der Waals surface area contributed by atoms with Crippen molar-refractivity contribution in [2.75, 3.05) is 25.4 Å². The maximum atomic E-state index is 12.7. The van der Waals surface area contributed by atoms with Crippen LogP contribution in [0.2, 0.25) is 0 Å². The molecule has 5 nitrogen and oxygen atoms in total. The molecule has 2 aliphatic rings. The molecule has 0 aromatic heterocycles. The molecule has 22 heavy (non-hydrogen) atoms. The molecular formula is C16H26N2O3S. The average molecular weight is 326 g/mol. The van der Waals surface area contributed by atoms with Gasteiger partial charge in [-0.2, -0.15) is 4.31 Å². The van der Waals surface area contributed by atoms with E-state index in [1.807, 2.05) is 4.90 Å². The fourth-order valence-electron chi connectivity index (χ4n) is 3.71. The number of terminal acetylenes is 1. The Kier molecular flexibility index (Phi) is 5.87. The number of nitrogens with zero attached hydrogens (tertiary/aromatic N) is 2. The van der Waals surface area contributed by atoms with E-state index in [1.165, 1.54) is 19.3 Å². The fourth-order valence-corrected chi connectivity index (χ4v) is 4.66. The molecule has 0 N–H and O–H groups in total. The first-order valence-electron chi connectivity index (χ1n) is 8.20. The van der Waals surface area contributed by atoms with Crippen LogP contribution in [-0.2, 0) is 14.8 Å². The van der Waals surface area contributed by atoms with Gasteiger partial charge in [-0.1, -0.05) is 18.8 Å². The number of carbonyl (C=O) groups is 1. The summed E-state index contributed by atoms with van der Waals surface area (Å²) in [7, 11) is -3.44. The molecule has 1 aliphatic carbocycles. The average Bonchev–Trinajstić information content (AvgIpc) is 2.53. The minimum absolute atomic E-state index is 0.0337. The molecule has 1 saturated carbocycles. The summed E-state index contributed by atoms with van der Waals surface area (Å²) in [5.41, 5.74) is 0. The van der Waals surface area contributed by atoms with E-state index < -0.39 is 10.0 Å². The van der Waals surface area contributed by atoms with Crippen LogP contribution in [0, 0.1) is 18.3 Å². The van der Waals surface area contributed by atoms with Crippen LogP contribution in [0.1, 0.15) is 45.4 Å². The van der Waals surface area contributed by atoms with Crippen molar-refractivity contribution in [3.8, 4) is 12.3 Å². The van der Waals surface area contributed by atoms with Crippen LogP contribution in [0.5, 0.6) is 0 Å². The number of sulfonamides is 1. The Labute approximate surface area is 134 Å². The van der Waals surface area contributed by atoms with E-state index in [0.717, 1.165) is 30.1 Å². The molecule has 0 aromatic carbocycles. The molecule has 1 amide bonds. The molecular weight excluding hydrogens is 300 g/mol. The molecule has 6 heteroatoms. The highest BCUT2D eigenvalue weighted by molar-refractivity contribution is 7.89. The van der Waals surface area contributed by atoms with Crippen LogP contribution in [0.15, 0.2) is 0 Å². The van der Waals surface area contributed by atoms with Gasteiger partial charge in [0, 0.05) is 12.6 Å². The smallest absolute Gasteiger partial charge is 0.238 e. The second-order valence-corrected chi connectivity index (χ2v) is 8.47. The fraction of sp³-hybridized carbons (Fsp3) is 0.812. The molecule has 2 fully saturated rings. The molecule has 2 atom stereocenters. The van der Waals surface area contributed by atoms with Crippen LogP contribution in [0.4, 0.5) is 0 Å². The predicted octanol–water partition coefficient (Wildman–Crippen LogP) is 1.45. The summed E-state index contributed by atoms with van der Waals surface area (Å²) >= 11 is 0. The Hall–Kier alpha value is -1.06. The third-order valence-electron chi connectivity index (χ3n) is 4.90. The van der Waals surface area contributed by atoms with Gasteiger partial charge in [0.15, 0.2) is 0 Å². The lowest BCUT2D eigenvalue weighted by atomic mass is 9.78. The van der Waals surface area contributed by atoms with E-state index in [-0.39, 0.29) is 24.7 Å². The van der Waals surface area contributed by atoms with Crippen molar-refractivity contribution in [2.24, 2.45) is 5.92 Å². The van der Waals surface area contributed by atoms with Gasteiger partial charge in [0.1, 0.15) is 0 Å². The van der Waals surface area contributed by atoms with Gasteiger partial charge in [0.2, 0.25) is 15.9 Å². The normalized spacial score (nSPS) is 25.6. The topological polar surface area (TPSA) is 57.7 Å². The standard InChI is InChI=1S/C16H26N2O3S/c1-3-11-17(22(20,21)4-2)13-16(19)18-12-7-9-14-8-5-6-10-15(14)18/h1,14-15H,4-13H2,2H3/t14-,15+/m0/s1. The van der Waals surface area contributed by atoms with E-state index >= 15 is 0 Å². The predicted molar refractivity (Wildman–Crippen MR) is 86.6 cm³/mol. The van der Waals surface area contributed by atoms with Crippen LogP contribution in [-0.4, -0.2) is 55.0 Å². The number of rotatable bonds is 5. The summed E-state index contributed by atoms with van der Waals surface area (Å²) in [6.45, 7) is 2.16. The maximum Gasteiger partial charge on any atom is 0.238 e. The molecule has 0 spiro atoms. The zero-order chi connectivity index (χ0) is 16.2. The first kappa shape index (κ1) is 17.3. The van der Waals surface area contributed by atoms with Crippen molar-refractivity contribution >= 4 is 15.9 Å². The molecule has 1 saturated heterocycles. The van der Waals surface area contributed by atoms with Gasteiger partial charge in [-0.05, 0) is 38.5 Å². The highest BCUT2D eigenvalue weighted by Crippen LogP contribution is 2.35. The monoisotopic (exact) mass is 326 g/mol. The maximum absolute atomic E-state index is 12.7. The number of hydrogen-bond donors (Lipinski definition) is 0. The number of likely N-dealkylation sites (tertiary alicyclic amines) is 1. The number of piperidine rings is 1. The van der Waals surface area contributed by atoms with Crippen molar-refractivity contribution in [1.29, 1.82) is 0 Å². The zero-order valence-corrected chi connectivity index (χ0v) is 14.1. The molecule has 0 unspecified atom stereocenters. The van der Waals surface area contributed by atoms with Gasteiger partial charge < -0.3 is 4.90 Å². The van der Waals surface area contributed by atoms with Gasteiger partial charge in [-0.3, -0.25) is 4.79 Å². The van der Waals surface area contributed by atoms with Gasteiger partial charge in [-0.15, -0.1) is 6.42 Å². The van der Waals surface area contributed by atoms with Crippen molar-refractivity contribution in [2.45, 2.75) is 51.5 Å². The van der Waals surface area contributed by atoms with Gasteiger partial charge in [0.25, 0.3) is 0 Å². The molecule has 0 radical (unpaired) electrons. The molecule has 124 valence electrons. The lowest BCUT2D eigenvalue weighted by Crippen LogP contribution is -2.53. The number of hydrogen-bond acceptors (Lipinski definition) is 3. The molecule has 2 rings (SSSR count). The lowest BCUT2D eigenvalue weighted by molar-refractivity contribution is -0.137. The van der Waals surface area contributed by atoms with Crippen LogP contribution in [0.25, 0.3) is 0 Å². The number of fused-ring (bicyclic) bond motifs is 1. The van der Waals surface area contributed by atoms with E-state index in [9.17, 15) is 13.2 Å². The van der Waals surface area contributed by atoms with Crippen molar-refractivity contribution in [1.82, 2.24) is 9.21 Å². The Morgan fingerprint density at radius 3 is 2.64 bits per heavy atom. The first-order chi connectivity index (χ1) is 10.5. The van der Waals surface area contributed by atoms with Crippen LogP contribution < -0.4 is 0 Å². The summed E-state index contributed by atoms with van der Waals surface area (Å²) in [6.07, 6.45) is 12.1. The highest BCUT2D eigenvalue weighted by Gasteiger charge is 2.36. The summed E-state index contributed by atoms with van der Waals surface area (Å²) in [5, 5.41) is 0. The quantitative estimate of drug-likeness (QED) is 0.719. The number of amides is 1. The summed E-state index contributed by atoms with van der Waals surface area (Å²) < 4.78 is 25.2. The SMILES string of the molecule is C#CCN(CC(=O)N1CCC[C@@H]2CCCC[C@H]21)S(=O)(=O)CC. The second kappa shape index (κ2) is 7.47. The van der Waals surface area contributed by atoms with Crippen LogP contribution in [0.3, 0.4) is 0 Å². The summed E-state index contributed by atoms with van der Waals surface area (Å²) in [6, 6.07) is 0.298. The third kappa shape index (κ3) is 3.82. The molecule has 1 aliphatic heterocycles. The Bertz CT molecular complexity index is 536. The number of carbonyl (C=O) groups excluding carboxylic acids is 1. The lowest BCUT2D eigenvalue weighted by Gasteiger charge is -2.44. The van der Waals surface area contributed by atoms with E-state index in [2.05, 4.69) is 5.92 Å². The molecule has 1 heterocycles. The van der Waals surface area contributed by atoms with E-state index in [4.69, 9.17) is 6.42 Å². The summed E-state index contributed by atoms with van der Waals surface area (Å²) in [5.74, 6) is 2.81. The molecule has 0 aromatic rings. The second-order valence-electron chi connectivity index (χ2n) is 6.21. The van der Waals surface area contributed by atoms with Gasteiger partial charge in [0.05, 0.1) is 18.8 Å². The van der Waals surface area contributed by atoms with Crippen molar-refractivity contribution in [3.05, 3.63) is 0 Å². The van der Waals surface area contributed by atoms with Gasteiger partial charge in [-0.25, -0.2) is 8.42 Å².